The molecule has 3 aromatic heterocycles. The van der Waals surface area contributed by atoms with E-state index in [9.17, 15) is 14.7 Å². The molecule has 0 saturated heterocycles. The fourth-order valence-corrected chi connectivity index (χ4v) is 4.29. The van der Waals surface area contributed by atoms with Gasteiger partial charge in [0.2, 0.25) is 5.91 Å². The van der Waals surface area contributed by atoms with Crippen LogP contribution in [0.25, 0.3) is 16.6 Å². The lowest BCUT2D eigenvalue weighted by Gasteiger charge is -2.22. The number of amides is 2. The number of rotatable bonds is 9. The molecule has 5 rings (SSSR count). The molecule has 2 amide bonds. The fourth-order valence-electron chi connectivity index (χ4n) is 4.29. The molecule has 0 radical (unpaired) electrons. The van der Waals surface area contributed by atoms with Crippen molar-refractivity contribution >= 4 is 22.6 Å². The molecule has 0 spiro atoms. The van der Waals surface area contributed by atoms with Crippen LogP contribution in [0.2, 0.25) is 0 Å². The maximum atomic E-state index is 13.3. The van der Waals surface area contributed by atoms with Crippen molar-refractivity contribution in [1.82, 2.24) is 24.6 Å². The van der Waals surface area contributed by atoms with Crippen molar-refractivity contribution in [2.75, 3.05) is 0 Å². The first-order valence-electron chi connectivity index (χ1n) is 11.8. The van der Waals surface area contributed by atoms with Crippen LogP contribution in [-0.4, -0.2) is 48.4 Å². The lowest BCUT2D eigenvalue weighted by Crippen LogP contribution is -2.50. The lowest BCUT2D eigenvalue weighted by molar-refractivity contribution is -0.127. The average Bonchev–Trinajstić information content (AvgIpc) is 3.55. The van der Waals surface area contributed by atoms with E-state index in [4.69, 9.17) is 5.73 Å². The quantitative estimate of drug-likeness (QED) is 0.290. The zero-order chi connectivity index (χ0) is 25.8. The fraction of sp³-hybridized carbons (Fsp3) is 0.143. The van der Waals surface area contributed by atoms with Gasteiger partial charge in [-0.3, -0.25) is 9.59 Å². The van der Waals surface area contributed by atoms with Crippen LogP contribution in [-0.2, 0) is 17.8 Å². The van der Waals surface area contributed by atoms with Gasteiger partial charge in [0.1, 0.15) is 0 Å². The highest BCUT2D eigenvalue weighted by Gasteiger charge is 2.27. The summed E-state index contributed by atoms with van der Waals surface area (Å²) in [6.07, 6.45) is 6.11. The highest BCUT2D eigenvalue weighted by atomic mass is 16.3. The van der Waals surface area contributed by atoms with E-state index < -0.39 is 24.0 Å². The van der Waals surface area contributed by atoms with Gasteiger partial charge in [-0.05, 0) is 41.0 Å². The summed E-state index contributed by atoms with van der Waals surface area (Å²) in [4.78, 5) is 29.4. The van der Waals surface area contributed by atoms with Crippen LogP contribution >= 0.6 is 0 Å². The van der Waals surface area contributed by atoms with Crippen LogP contribution in [0.1, 0.15) is 21.6 Å². The minimum absolute atomic E-state index is 0.226. The number of hydrogen-bond acceptors (Lipinski definition) is 5. The maximum Gasteiger partial charge on any atom is 0.255 e. The summed E-state index contributed by atoms with van der Waals surface area (Å²) >= 11 is 0. The minimum atomic E-state index is -1.56. The van der Waals surface area contributed by atoms with Gasteiger partial charge in [0.15, 0.2) is 11.9 Å². The van der Waals surface area contributed by atoms with Crippen LogP contribution in [0.3, 0.4) is 0 Å². The third-order valence-electron chi connectivity index (χ3n) is 6.13. The molecule has 5 aromatic rings. The van der Waals surface area contributed by atoms with Crippen LogP contribution in [0, 0.1) is 0 Å². The topological polar surface area (TPSA) is 128 Å². The second kappa shape index (κ2) is 10.5. The molecule has 37 heavy (non-hydrogen) atoms. The van der Waals surface area contributed by atoms with Gasteiger partial charge in [-0.25, -0.2) is 9.67 Å². The van der Waals surface area contributed by atoms with E-state index in [0.29, 0.717) is 12.4 Å². The molecular formula is C28H26N6O3. The Balaban J connectivity index is 1.37. The van der Waals surface area contributed by atoms with Gasteiger partial charge in [0, 0.05) is 24.8 Å². The molecule has 0 aliphatic heterocycles. The van der Waals surface area contributed by atoms with Crippen molar-refractivity contribution in [3.05, 3.63) is 114 Å². The molecule has 2 unspecified atom stereocenters. The number of pyridine rings is 1. The van der Waals surface area contributed by atoms with Crippen molar-refractivity contribution in [2.45, 2.75) is 25.1 Å². The van der Waals surface area contributed by atoms with Gasteiger partial charge in [0.05, 0.1) is 23.8 Å². The smallest absolute Gasteiger partial charge is 0.255 e. The summed E-state index contributed by atoms with van der Waals surface area (Å²) in [6.45, 7) is 0.556. The minimum Gasteiger partial charge on any atom is -0.381 e. The molecule has 0 aliphatic carbocycles. The number of carbonyl (C=O) groups excluding carboxylic acids is 2. The van der Waals surface area contributed by atoms with Crippen LogP contribution in [0.4, 0.5) is 0 Å². The molecule has 2 aromatic carbocycles. The Morgan fingerprint density at radius 1 is 0.946 bits per heavy atom. The number of aliphatic hydroxyl groups is 1. The number of aliphatic hydroxyl groups excluding tert-OH is 1. The summed E-state index contributed by atoms with van der Waals surface area (Å²) in [5.41, 5.74) is 7.23. The number of primary amides is 1. The van der Waals surface area contributed by atoms with E-state index in [1.807, 2.05) is 48.5 Å². The molecule has 0 saturated carbocycles. The number of hydrogen-bond donors (Lipinski definition) is 3. The number of carbonyl (C=O) groups is 2. The van der Waals surface area contributed by atoms with E-state index >= 15 is 0 Å². The molecule has 0 fully saturated rings. The average molecular weight is 495 g/mol. The summed E-state index contributed by atoms with van der Waals surface area (Å²) in [6, 6.07) is 21.6. The number of benzene rings is 2. The first-order chi connectivity index (χ1) is 18.0. The summed E-state index contributed by atoms with van der Waals surface area (Å²) < 4.78 is 3.60. The lowest BCUT2D eigenvalue weighted by atomic mass is 10.0. The number of nitrogens with two attached hydrogens (primary N) is 1. The standard InChI is InChI=1S/C28H26N6O3/c29-26(36)25(35)24(15-19-7-2-1-3-8-19)31-28(37)23-11-6-13-30-27(23)34-14-12-22(32-34)18-33-16-20-9-4-5-10-21(20)17-33/h1-14,16-17,24-25,35H,15,18H2,(H2,29,36)(H,31,37). The van der Waals surface area contributed by atoms with E-state index in [-0.39, 0.29) is 12.0 Å². The Kier molecular flexibility index (Phi) is 6.78. The summed E-state index contributed by atoms with van der Waals surface area (Å²) in [7, 11) is 0. The highest BCUT2D eigenvalue weighted by molar-refractivity contribution is 5.97. The van der Waals surface area contributed by atoms with Gasteiger partial charge in [0.25, 0.3) is 5.91 Å². The molecular weight excluding hydrogens is 468 g/mol. The van der Waals surface area contributed by atoms with Gasteiger partial charge < -0.3 is 20.7 Å². The van der Waals surface area contributed by atoms with Crippen molar-refractivity contribution in [3.8, 4) is 5.82 Å². The highest BCUT2D eigenvalue weighted by Crippen LogP contribution is 2.17. The Hall–Kier alpha value is -4.76. The summed E-state index contributed by atoms with van der Waals surface area (Å²) in [5, 5.41) is 20.1. The second-order valence-corrected chi connectivity index (χ2v) is 8.80. The van der Waals surface area contributed by atoms with E-state index in [1.54, 1.807) is 29.2 Å². The van der Waals surface area contributed by atoms with Crippen LogP contribution in [0.5, 0.6) is 0 Å². The zero-order valence-electron chi connectivity index (χ0n) is 19.9. The van der Waals surface area contributed by atoms with Gasteiger partial charge in [-0.15, -0.1) is 0 Å². The number of nitrogens with one attached hydrogen (secondary N) is 1. The first-order valence-corrected chi connectivity index (χ1v) is 11.8. The summed E-state index contributed by atoms with van der Waals surface area (Å²) in [5.74, 6) is -1.09. The molecule has 2 atom stereocenters. The molecule has 9 nitrogen and oxygen atoms in total. The van der Waals surface area contributed by atoms with Crippen molar-refractivity contribution in [2.24, 2.45) is 5.73 Å². The van der Waals surface area contributed by atoms with Gasteiger partial charge in [-0.2, -0.15) is 5.10 Å². The molecule has 3 heterocycles. The second-order valence-electron chi connectivity index (χ2n) is 8.80. The van der Waals surface area contributed by atoms with Crippen LogP contribution < -0.4 is 11.1 Å². The Labute approximate surface area is 213 Å². The van der Waals surface area contributed by atoms with Gasteiger partial charge in [-0.1, -0.05) is 54.6 Å². The van der Waals surface area contributed by atoms with Crippen molar-refractivity contribution in [1.29, 1.82) is 0 Å². The third kappa shape index (κ3) is 5.41. The zero-order valence-corrected chi connectivity index (χ0v) is 19.9. The number of fused-ring (bicyclic) bond motifs is 1. The monoisotopic (exact) mass is 494 g/mol. The SMILES string of the molecule is NC(=O)C(O)C(Cc1ccccc1)NC(=O)c1cccnc1-n1ccc(Cn2cc3ccccc3c2)n1. The number of aromatic nitrogens is 4. The van der Waals surface area contributed by atoms with Crippen molar-refractivity contribution in [3.63, 3.8) is 0 Å². The number of nitrogens with zero attached hydrogens (tertiary/aromatic N) is 4. The van der Waals surface area contributed by atoms with E-state index in [0.717, 1.165) is 22.0 Å². The maximum absolute atomic E-state index is 13.3. The molecule has 9 heteroatoms. The molecule has 0 aliphatic rings. The normalized spacial score (nSPS) is 12.8. The molecule has 4 N–H and O–H groups in total. The largest absolute Gasteiger partial charge is 0.381 e. The predicted molar refractivity (Wildman–Crippen MR) is 139 cm³/mol. The van der Waals surface area contributed by atoms with E-state index in [1.165, 1.54) is 0 Å². The Morgan fingerprint density at radius 3 is 2.35 bits per heavy atom. The van der Waals surface area contributed by atoms with E-state index in [2.05, 4.69) is 44.5 Å². The Morgan fingerprint density at radius 2 is 1.65 bits per heavy atom. The van der Waals surface area contributed by atoms with Crippen molar-refractivity contribution < 1.29 is 14.7 Å². The van der Waals surface area contributed by atoms with Crippen LogP contribution in [0.15, 0.2) is 97.6 Å². The van der Waals surface area contributed by atoms with Gasteiger partial charge >= 0.3 is 0 Å². The predicted octanol–water partition coefficient (Wildman–Crippen LogP) is 2.46. The first kappa shape index (κ1) is 24.0. The molecule has 0 bridgehead atoms. The molecule has 186 valence electrons. The Bertz CT molecular complexity index is 1510. The third-order valence-corrected chi connectivity index (χ3v) is 6.13.